The predicted molar refractivity (Wildman–Crippen MR) is 70.4 cm³/mol. The molecule has 0 saturated heterocycles. The van der Waals surface area contributed by atoms with E-state index in [1.807, 2.05) is 0 Å². The molecule has 4 heteroatoms. The summed E-state index contributed by atoms with van der Waals surface area (Å²) in [5.41, 5.74) is 6.15. The molecular weight excluding hydrogens is 216 g/mol. The van der Waals surface area contributed by atoms with Gasteiger partial charge in [-0.1, -0.05) is 13.8 Å². The quantitative estimate of drug-likeness (QED) is 0.455. The summed E-state index contributed by atoms with van der Waals surface area (Å²) < 4.78 is 10.6. The van der Waals surface area contributed by atoms with Gasteiger partial charge in [0.15, 0.2) is 0 Å². The lowest BCUT2D eigenvalue weighted by molar-refractivity contribution is -0.00938. The van der Waals surface area contributed by atoms with Gasteiger partial charge in [-0.3, -0.25) is 4.99 Å². The molecule has 1 fully saturated rings. The normalized spacial score (nSPS) is 23.6. The van der Waals surface area contributed by atoms with Crippen molar-refractivity contribution in [1.82, 2.24) is 0 Å². The number of rotatable bonds is 5. The minimum Gasteiger partial charge on any atom is -0.385 e. The van der Waals surface area contributed by atoms with Gasteiger partial charge < -0.3 is 15.2 Å². The number of hydrogen-bond acceptors (Lipinski definition) is 3. The molecule has 0 heterocycles. The maximum atomic E-state index is 6.09. The molecule has 17 heavy (non-hydrogen) atoms. The van der Waals surface area contributed by atoms with Crippen molar-refractivity contribution >= 4 is 5.84 Å². The molecule has 0 aromatic rings. The number of nitrogens with two attached hydrogens (primary N) is 1. The summed E-state index contributed by atoms with van der Waals surface area (Å²) in [6.07, 6.45) is 4.17. The first kappa shape index (κ1) is 14.5. The van der Waals surface area contributed by atoms with E-state index in [1.54, 1.807) is 14.2 Å². The third-order valence-electron chi connectivity index (χ3n) is 3.85. The Hall–Kier alpha value is -0.610. The van der Waals surface area contributed by atoms with E-state index in [9.17, 15) is 0 Å². The second-order valence-electron chi connectivity index (χ2n) is 5.62. The zero-order valence-corrected chi connectivity index (χ0v) is 11.6. The predicted octanol–water partition coefficient (Wildman–Crippen LogP) is 1.98. The molecule has 0 aromatic heterocycles. The average Bonchev–Trinajstić information content (AvgIpc) is 2.30. The topological polar surface area (TPSA) is 56.8 Å². The van der Waals surface area contributed by atoms with E-state index in [1.165, 1.54) is 0 Å². The maximum absolute atomic E-state index is 6.09. The minimum atomic E-state index is -0.344. The standard InChI is InChI=1S/C13H26N2O2/c1-12(2)5-7-13(17-4,8-6-12)11(14)15-9-10-16-3/h5-10H2,1-4H3,(H2,14,15). The molecule has 4 nitrogen and oxygen atoms in total. The number of nitrogens with zero attached hydrogens (tertiary/aromatic N) is 1. The van der Waals surface area contributed by atoms with E-state index < -0.39 is 0 Å². The summed E-state index contributed by atoms with van der Waals surface area (Å²) in [4.78, 5) is 4.37. The van der Waals surface area contributed by atoms with Crippen molar-refractivity contribution in [2.45, 2.75) is 45.1 Å². The third kappa shape index (κ3) is 3.68. The SMILES string of the molecule is COCCN=C(N)C1(OC)CCC(C)(C)CC1. The number of aliphatic imine (C=N–C) groups is 1. The summed E-state index contributed by atoms with van der Waals surface area (Å²) in [5, 5.41) is 0. The lowest BCUT2D eigenvalue weighted by Crippen LogP contribution is -2.49. The summed E-state index contributed by atoms with van der Waals surface area (Å²) in [7, 11) is 3.40. The smallest absolute Gasteiger partial charge is 0.126 e. The fourth-order valence-electron chi connectivity index (χ4n) is 2.30. The highest BCUT2D eigenvalue weighted by Crippen LogP contribution is 2.41. The van der Waals surface area contributed by atoms with Crippen molar-refractivity contribution in [2.24, 2.45) is 16.1 Å². The van der Waals surface area contributed by atoms with Crippen LogP contribution in [0.4, 0.5) is 0 Å². The fourth-order valence-corrected chi connectivity index (χ4v) is 2.30. The van der Waals surface area contributed by atoms with Gasteiger partial charge in [0.25, 0.3) is 0 Å². The van der Waals surface area contributed by atoms with Crippen LogP contribution in [-0.2, 0) is 9.47 Å². The van der Waals surface area contributed by atoms with Crippen LogP contribution in [0.3, 0.4) is 0 Å². The molecule has 0 unspecified atom stereocenters. The molecule has 2 N–H and O–H groups in total. The number of ether oxygens (including phenoxy) is 2. The Labute approximate surface area is 105 Å². The van der Waals surface area contributed by atoms with Crippen molar-refractivity contribution in [3.05, 3.63) is 0 Å². The van der Waals surface area contributed by atoms with E-state index in [0.717, 1.165) is 25.7 Å². The highest BCUT2D eigenvalue weighted by atomic mass is 16.5. The van der Waals surface area contributed by atoms with Gasteiger partial charge in [-0.25, -0.2) is 0 Å². The molecule has 1 aliphatic carbocycles. The number of methoxy groups -OCH3 is 2. The van der Waals surface area contributed by atoms with E-state index in [4.69, 9.17) is 15.2 Å². The Morgan fingerprint density at radius 3 is 2.24 bits per heavy atom. The molecule has 0 bridgehead atoms. The van der Waals surface area contributed by atoms with Gasteiger partial charge in [0.05, 0.1) is 13.2 Å². The van der Waals surface area contributed by atoms with Crippen LogP contribution in [0.15, 0.2) is 4.99 Å². The molecule has 0 atom stereocenters. The zero-order chi connectivity index (χ0) is 12.9. The zero-order valence-electron chi connectivity index (χ0n) is 11.6. The summed E-state index contributed by atoms with van der Waals surface area (Å²) in [6.45, 7) is 5.80. The molecule has 1 saturated carbocycles. The van der Waals surface area contributed by atoms with Crippen molar-refractivity contribution in [3.8, 4) is 0 Å². The van der Waals surface area contributed by atoms with Crippen LogP contribution in [0.2, 0.25) is 0 Å². The Morgan fingerprint density at radius 2 is 1.76 bits per heavy atom. The van der Waals surface area contributed by atoms with E-state index >= 15 is 0 Å². The molecular formula is C13H26N2O2. The highest BCUT2D eigenvalue weighted by molar-refractivity contribution is 5.89. The van der Waals surface area contributed by atoms with Gasteiger partial charge >= 0.3 is 0 Å². The van der Waals surface area contributed by atoms with E-state index in [-0.39, 0.29) is 5.60 Å². The van der Waals surface area contributed by atoms with Crippen molar-refractivity contribution in [2.75, 3.05) is 27.4 Å². The molecule has 0 aromatic carbocycles. The van der Waals surface area contributed by atoms with Crippen molar-refractivity contribution in [1.29, 1.82) is 0 Å². The second-order valence-corrected chi connectivity index (χ2v) is 5.62. The summed E-state index contributed by atoms with van der Waals surface area (Å²) >= 11 is 0. The molecule has 0 radical (unpaired) electrons. The first-order valence-corrected chi connectivity index (χ1v) is 6.30. The molecule has 0 spiro atoms. The molecule has 0 amide bonds. The molecule has 1 aliphatic rings. The lowest BCUT2D eigenvalue weighted by Gasteiger charge is -2.42. The van der Waals surface area contributed by atoms with Gasteiger partial charge in [0.2, 0.25) is 0 Å². The van der Waals surface area contributed by atoms with Crippen LogP contribution < -0.4 is 5.73 Å². The third-order valence-corrected chi connectivity index (χ3v) is 3.85. The Morgan fingerprint density at radius 1 is 1.18 bits per heavy atom. The largest absolute Gasteiger partial charge is 0.385 e. The summed E-state index contributed by atoms with van der Waals surface area (Å²) in [5.74, 6) is 0.632. The fraction of sp³-hybridized carbons (Fsp3) is 0.923. The van der Waals surface area contributed by atoms with Gasteiger partial charge in [-0.2, -0.15) is 0 Å². The molecule has 0 aliphatic heterocycles. The molecule has 1 rings (SSSR count). The lowest BCUT2D eigenvalue weighted by atomic mass is 9.70. The average molecular weight is 242 g/mol. The van der Waals surface area contributed by atoms with Gasteiger partial charge in [-0.05, 0) is 31.1 Å². The van der Waals surface area contributed by atoms with Gasteiger partial charge in [0.1, 0.15) is 11.4 Å². The Kier molecular flexibility index (Phi) is 4.95. The van der Waals surface area contributed by atoms with Crippen molar-refractivity contribution < 1.29 is 9.47 Å². The van der Waals surface area contributed by atoms with Crippen LogP contribution in [0.25, 0.3) is 0 Å². The van der Waals surface area contributed by atoms with Gasteiger partial charge in [-0.15, -0.1) is 0 Å². The Balaban J connectivity index is 2.66. The maximum Gasteiger partial charge on any atom is 0.126 e. The number of amidine groups is 1. The van der Waals surface area contributed by atoms with Crippen LogP contribution in [0.5, 0.6) is 0 Å². The summed E-state index contributed by atoms with van der Waals surface area (Å²) in [6, 6.07) is 0. The van der Waals surface area contributed by atoms with E-state index in [2.05, 4.69) is 18.8 Å². The van der Waals surface area contributed by atoms with Crippen LogP contribution in [0.1, 0.15) is 39.5 Å². The monoisotopic (exact) mass is 242 g/mol. The molecule has 100 valence electrons. The second kappa shape index (κ2) is 5.83. The first-order chi connectivity index (χ1) is 7.96. The van der Waals surface area contributed by atoms with E-state index in [0.29, 0.717) is 24.4 Å². The highest BCUT2D eigenvalue weighted by Gasteiger charge is 2.41. The first-order valence-electron chi connectivity index (χ1n) is 6.30. The van der Waals surface area contributed by atoms with Crippen LogP contribution in [0, 0.1) is 5.41 Å². The Bertz CT molecular complexity index is 265. The van der Waals surface area contributed by atoms with Crippen LogP contribution in [-0.4, -0.2) is 38.8 Å². The number of hydrogen-bond donors (Lipinski definition) is 1. The van der Waals surface area contributed by atoms with Gasteiger partial charge in [0, 0.05) is 14.2 Å². The van der Waals surface area contributed by atoms with Crippen LogP contribution >= 0.6 is 0 Å². The van der Waals surface area contributed by atoms with Crippen molar-refractivity contribution in [3.63, 3.8) is 0 Å². The minimum absolute atomic E-state index is 0.344.